The normalized spacial score (nSPS) is 39.8. The average Bonchev–Trinajstić information content (AvgIpc) is 2.41. The number of hydrogen-bond donors (Lipinski definition) is 0. The van der Waals surface area contributed by atoms with Crippen LogP contribution in [0.2, 0.25) is 0 Å². The topological polar surface area (TPSA) is 0 Å². The first-order valence-electron chi connectivity index (χ1n) is 6.33. The molecule has 3 unspecified atom stereocenters. The van der Waals surface area contributed by atoms with Gasteiger partial charge >= 0.3 is 0 Å². The molecule has 0 nitrogen and oxygen atoms in total. The number of allylic oxidation sites excluding steroid dienone is 2. The maximum Gasteiger partial charge on any atom is -0.0197 e. The minimum atomic E-state index is 0.603. The summed E-state index contributed by atoms with van der Waals surface area (Å²) < 4.78 is 0. The van der Waals surface area contributed by atoms with Crippen LogP contribution in [-0.4, -0.2) is 0 Å². The molecule has 2 rings (SSSR count). The monoisotopic (exact) mass is 192 g/mol. The van der Waals surface area contributed by atoms with Crippen LogP contribution in [0.4, 0.5) is 0 Å². The van der Waals surface area contributed by atoms with Crippen molar-refractivity contribution in [3.05, 3.63) is 12.2 Å². The Labute approximate surface area is 88.8 Å². The summed E-state index contributed by atoms with van der Waals surface area (Å²) in [5.41, 5.74) is 0.603. The average molecular weight is 192 g/mol. The van der Waals surface area contributed by atoms with Crippen LogP contribution in [-0.2, 0) is 0 Å². The highest BCUT2D eigenvalue weighted by Gasteiger charge is 2.47. The van der Waals surface area contributed by atoms with Gasteiger partial charge in [-0.05, 0) is 42.4 Å². The van der Waals surface area contributed by atoms with Gasteiger partial charge in [-0.15, -0.1) is 0 Å². The molecule has 0 aliphatic heterocycles. The first-order valence-corrected chi connectivity index (χ1v) is 6.33. The van der Waals surface area contributed by atoms with Crippen molar-refractivity contribution in [1.82, 2.24) is 0 Å². The molecule has 0 saturated heterocycles. The molecule has 0 bridgehead atoms. The second-order valence-electron chi connectivity index (χ2n) is 5.82. The van der Waals surface area contributed by atoms with Gasteiger partial charge in [0.25, 0.3) is 0 Å². The van der Waals surface area contributed by atoms with Crippen LogP contribution in [0.25, 0.3) is 0 Å². The lowest BCUT2D eigenvalue weighted by atomic mass is 9.70. The molecule has 3 atom stereocenters. The molecule has 0 spiro atoms. The zero-order chi connectivity index (χ0) is 10.2. The maximum absolute atomic E-state index is 2.51. The van der Waals surface area contributed by atoms with Gasteiger partial charge in [-0.25, -0.2) is 0 Å². The van der Waals surface area contributed by atoms with Crippen LogP contribution in [0, 0.1) is 23.2 Å². The Kier molecular flexibility index (Phi) is 2.72. The largest absolute Gasteiger partial charge is 0.0882 e. The lowest BCUT2D eigenvalue weighted by Gasteiger charge is -2.35. The summed E-state index contributed by atoms with van der Waals surface area (Å²) in [5, 5.41) is 0. The van der Waals surface area contributed by atoms with Gasteiger partial charge < -0.3 is 0 Å². The van der Waals surface area contributed by atoms with Crippen LogP contribution in [0.15, 0.2) is 12.2 Å². The Morgan fingerprint density at radius 3 is 2.79 bits per heavy atom. The molecular weight excluding hydrogens is 168 g/mol. The highest BCUT2D eigenvalue weighted by Crippen LogP contribution is 2.55. The molecule has 0 heterocycles. The number of fused-ring (bicyclic) bond motifs is 1. The van der Waals surface area contributed by atoms with E-state index in [0.717, 1.165) is 17.8 Å². The molecule has 1 saturated carbocycles. The van der Waals surface area contributed by atoms with E-state index in [2.05, 4.69) is 32.9 Å². The highest BCUT2D eigenvalue weighted by molar-refractivity contribution is 5.07. The highest BCUT2D eigenvalue weighted by atomic mass is 14.5. The molecule has 2 aliphatic rings. The molecule has 14 heavy (non-hydrogen) atoms. The van der Waals surface area contributed by atoms with E-state index in [4.69, 9.17) is 0 Å². The lowest BCUT2D eigenvalue weighted by Crippen LogP contribution is -2.27. The fourth-order valence-electron chi connectivity index (χ4n) is 3.83. The van der Waals surface area contributed by atoms with Gasteiger partial charge in [0, 0.05) is 0 Å². The van der Waals surface area contributed by atoms with E-state index in [1.807, 2.05) is 0 Å². The van der Waals surface area contributed by atoms with Crippen molar-refractivity contribution in [3.8, 4) is 0 Å². The summed E-state index contributed by atoms with van der Waals surface area (Å²) in [5.74, 6) is 2.87. The summed E-state index contributed by atoms with van der Waals surface area (Å²) in [7, 11) is 0. The van der Waals surface area contributed by atoms with E-state index in [1.54, 1.807) is 0 Å². The quantitative estimate of drug-likeness (QED) is 0.568. The molecule has 0 radical (unpaired) electrons. The van der Waals surface area contributed by atoms with Gasteiger partial charge in [0.1, 0.15) is 0 Å². The van der Waals surface area contributed by atoms with Gasteiger partial charge in [-0.2, -0.15) is 0 Å². The van der Waals surface area contributed by atoms with Gasteiger partial charge in [0.2, 0.25) is 0 Å². The van der Waals surface area contributed by atoms with Gasteiger partial charge in [0.15, 0.2) is 0 Å². The maximum atomic E-state index is 2.51. The standard InChI is InChI=1S/C14H24/c1-4-7-12-10-11-8-5-6-9-13(11)14(12,2)3/h5,8,11-13H,4,6-7,9-10H2,1-3H3. The molecule has 0 aromatic heterocycles. The summed E-state index contributed by atoms with van der Waals surface area (Å²) >= 11 is 0. The first kappa shape index (κ1) is 10.3. The van der Waals surface area contributed by atoms with Crippen molar-refractivity contribution in [2.75, 3.05) is 0 Å². The molecule has 0 aromatic rings. The molecule has 0 amide bonds. The minimum Gasteiger partial charge on any atom is -0.0882 e. The molecule has 0 heteroatoms. The molecule has 80 valence electrons. The van der Waals surface area contributed by atoms with Crippen LogP contribution in [0.5, 0.6) is 0 Å². The molecular formula is C14H24. The van der Waals surface area contributed by atoms with Gasteiger partial charge in [-0.3, -0.25) is 0 Å². The zero-order valence-corrected chi connectivity index (χ0v) is 9.92. The smallest absolute Gasteiger partial charge is 0.0197 e. The predicted octanol–water partition coefficient (Wildman–Crippen LogP) is 4.42. The molecule has 0 N–H and O–H groups in total. The van der Waals surface area contributed by atoms with Crippen molar-refractivity contribution < 1.29 is 0 Å². The van der Waals surface area contributed by atoms with Crippen LogP contribution in [0.1, 0.15) is 52.9 Å². The third-order valence-electron chi connectivity index (χ3n) is 4.75. The Bertz CT molecular complexity index is 224. The van der Waals surface area contributed by atoms with E-state index >= 15 is 0 Å². The third kappa shape index (κ3) is 1.53. The van der Waals surface area contributed by atoms with E-state index < -0.39 is 0 Å². The molecule has 2 aliphatic carbocycles. The van der Waals surface area contributed by atoms with E-state index in [-0.39, 0.29) is 0 Å². The summed E-state index contributed by atoms with van der Waals surface area (Å²) in [6.45, 7) is 7.35. The van der Waals surface area contributed by atoms with Crippen LogP contribution < -0.4 is 0 Å². The third-order valence-corrected chi connectivity index (χ3v) is 4.75. The molecule has 1 fully saturated rings. The van der Waals surface area contributed by atoms with E-state index in [0.29, 0.717) is 5.41 Å². The minimum absolute atomic E-state index is 0.603. The predicted molar refractivity (Wildman–Crippen MR) is 62.2 cm³/mol. The Hall–Kier alpha value is -0.260. The van der Waals surface area contributed by atoms with Crippen molar-refractivity contribution in [2.24, 2.45) is 23.2 Å². The fourth-order valence-corrected chi connectivity index (χ4v) is 3.83. The van der Waals surface area contributed by atoms with E-state index in [9.17, 15) is 0 Å². The zero-order valence-electron chi connectivity index (χ0n) is 9.92. The Balaban J connectivity index is 2.14. The summed E-state index contributed by atoms with van der Waals surface area (Å²) in [4.78, 5) is 0. The van der Waals surface area contributed by atoms with Crippen molar-refractivity contribution in [1.29, 1.82) is 0 Å². The SMILES string of the molecule is CCCC1CC2C=CCCC2C1(C)C. The van der Waals surface area contributed by atoms with Crippen molar-refractivity contribution in [3.63, 3.8) is 0 Å². The van der Waals surface area contributed by atoms with Crippen LogP contribution >= 0.6 is 0 Å². The van der Waals surface area contributed by atoms with Crippen molar-refractivity contribution >= 4 is 0 Å². The second-order valence-corrected chi connectivity index (χ2v) is 5.82. The van der Waals surface area contributed by atoms with Crippen molar-refractivity contribution in [2.45, 2.75) is 52.9 Å². The molecule has 0 aromatic carbocycles. The number of hydrogen-bond acceptors (Lipinski definition) is 0. The van der Waals surface area contributed by atoms with Gasteiger partial charge in [-0.1, -0.05) is 45.8 Å². The van der Waals surface area contributed by atoms with Crippen LogP contribution in [0.3, 0.4) is 0 Å². The summed E-state index contributed by atoms with van der Waals surface area (Å²) in [6.07, 6.45) is 11.9. The lowest BCUT2D eigenvalue weighted by molar-refractivity contribution is 0.157. The first-order chi connectivity index (χ1) is 6.66. The Morgan fingerprint density at radius 1 is 1.36 bits per heavy atom. The summed E-state index contributed by atoms with van der Waals surface area (Å²) in [6, 6.07) is 0. The van der Waals surface area contributed by atoms with Gasteiger partial charge in [0.05, 0.1) is 0 Å². The number of rotatable bonds is 2. The fraction of sp³-hybridized carbons (Fsp3) is 0.857. The second kappa shape index (κ2) is 3.72. The van der Waals surface area contributed by atoms with E-state index in [1.165, 1.54) is 32.1 Å². The Morgan fingerprint density at radius 2 is 2.14 bits per heavy atom.